The van der Waals surface area contributed by atoms with Crippen LogP contribution in [-0.2, 0) is 0 Å². The Morgan fingerprint density at radius 2 is 1.03 bits per heavy atom. The topological polar surface area (TPSA) is 18.5 Å². The summed E-state index contributed by atoms with van der Waals surface area (Å²) in [4.78, 5) is 2.39. The van der Waals surface area contributed by atoms with E-state index in [1.165, 1.54) is 43.2 Å². The Morgan fingerprint density at radius 1 is 0.600 bits per heavy atom. The molecular weight excluding hydrogens is 468 g/mol. The zero-order valence-corrected chi connectivity index (χ0v) is 21.6. The lowest BCUT2D eigenvalue weighted by Crippen LogP contribution is -1.89. The van der Waals surface area contributed by atoms with Gasteiger partial charge in [-0.2, -0.15) is 0 Å². The molecule has 0 aliphatic heterocycles. The van der Waals surface area contributed by atoms with Gasteiger partial charge in [-0.1, -0.05) is 95.5 Å². The van der Waals surface area contributed by atoms with E-state index in [9.17, 15) is 0 Å². The van der Waals surface area contributed by atoms with Crippen LogP contribution in [0.1, 0.15) is 51.3 Å². The quantitative estimate of drug-likeness (QED) is 0.242. The predicted molar refractivity (Wildman–Crippen MR) is 153 cm³/mol. The van der Waals surface area contributed by atoms with Gasteiger partial charge >= 0.3 is 0 Å². The van der Waals surface area contributed by atoms with Gasteiger partial charge < -0.3 is 9.47 Å². The maximum atomic E-state index is 5.83. The number of benzene rings is 2. The van der Waals surface area contributed by atoms with E-state index < -0.39 is 0 Å². The summed E-state index contributed by atoms with van der Waals surface area (Å²) in [6.45, 7) is 0. The number of rotatable bonds is 8. The molecule has 1 aliphatic rings. The van der Waals surface area contributed by atoms with Crippen molar-refractivity contribution in [3.8, 4) is 10.1 Å². The molecule has 1 aliphatic carbocycles. The van der Waals surface area contributed by atoms with Gasteiger partial charge in [0.15, 0.2) is 10.1 Å². The summed E-state index contributed by atoms with van der Waals surface area (Å²) in [5, 5.41) is 1.95. The fourth-order valence-corrected chi connectivity index (χ4v) is 6.30. The molecule has 5 rings (SSSR count). The van der Waals surface area contributed by atoms with E-state index in [0.717, 1.165) is 29.4 Å². The maximum absolute atomic E-state index is 5.83. The molecule has 0 bridgehead atoms. The fourth-order valence-electron chi connectivity index (χ4n) is 4.50. The largest absolute Gasteiger partial charge is 0.487 e. The van der Waals surface area contributed by atoms with Crippen molar-refractivity contribution < 1.29 is 9.47 Å². The van der Waals surface area contributed by atoms with E-state index in [2.05, 4.69) is 85.0 Å². The SMILES string of the molecule is COc1sc(/C=C/c2ccccc2)cc1C1=C(c2cc(/C=C/c3ccccc3)sc2OC)CCC1. The van der Waals surface area contributed by atoms with Crippen LogP contribution < -0.4 is 9.47 Å². The molecule has 0 saturated carbocycles. The molecule has 0 atom stereocenters. The molecule has 0 N–H and O–H groups in total. The van der Waals surface area contributed by atoms with Gasteiger partial charge in [0, 0.05) is 20.9 Å². The minimum absolute atomic E-state index is 0.977. The fraction of sp³-hybridized carbons (Fsp3) is 0.161. The molecule has 2 nitrogen and oxygen atoms in total. The molecule has 2 heterocycles. The summed E-state index contributed by atoms with van der Waals surface area (Å²) in [6.07, 6.45) is 11.9. The van der Waals surface area contributed by atoms with Crippen LogP contribution in [-0.4, -0.2) is 14.2 Å². The van der Waals surface area contributed by atoms with Crippen molar-refractivity contribution in [1.82, 2.24) is 0 Å². The van der Waals surface area contributed by atoms with Crippen molar-refractivity contribution in [2.24, 2.45) is 0 Å². The van der Waals surface area contributed by atoms with Crippen molar-refractivity contribution >= 4 is 58.1 Å². The number of hydrogen-bond donors (Lipinski definition) is 0. The zero-order valence-electron chi connectivity index (χ0n) is 20.0. The monoisotopic (exact) mass is 496 g/mol. The third-order valence-electron chi connectivity index (χ3n) is 6.15. The second kappa shape index (κ2) is 10.9. The highest BCUT2D eigenvalue weighted by Crippen LogP contribution is 2.49. The van der Waals surface area contributed by atoms with E-state index in [0.29, 0.717) is 0 Å². The Morgan fingerprint density at radius 3 is 1.43 bits per heavy atom. The van der Waals surface area contributed by atoms with Crippen LogP contribution in [0.15, 0.2) is 72.8 Å². The molecule has 0 saturated heterocycles. The average molecular weight is 497 g/mol. The van der Waals surface area contributed by atoms with Gasteiger partial charge in [-0.25, -0.2) is 0 Å². The molecule has 4 aromatic rings. The van der Waals surface area contributed by atoms with Crippen molar-refractivity contribution in [2.75, 3.05) is 14.2 Å². The predicted octanol–water partition coefficient (Wildman–Crippen LogP) is 9.26. The Bertz CT molecular complexity index is 1270. The number of ether oxygens (including phenoxy) is 2. The van der Waals surface area contributed by atoms with Crippen LogP contribution in [0.2, 0.25) is 0 Å². The smallest absolute Gasteiger partial charge is 0.181 e. The summed E-state index contributed by atoms with van der Waals surface area (Å²) in [7, 11) is 3.54. The summed E-state index contributed by atoms with van der Waals surface area (Å²) in [5.74, 6) is 0. The Kier molecular flexibility index (Phi) is 7.31. The highest BCUT2D eigenvalue weighted by atomic mass is 32.1. The molecule has 176 valence electrons. The molecule has 0 amide bonds. The Labute approximate surface area is 215 Å². The normalized spacial score (nSPS) is 13.9. The maximum Gasteiger partial charge on any atom is 0.181 e. The van der Waals surface area contributed by atoms with Crippen molar-refractivity contribution in [3.05, 3.63) is 105 Å². The first-order valence-corrected chi connectivity index (χ1v) is 13.4. The second-order valence-electron chi connectivity index (χ2n) is 8.41. The first kappa shape index (κ1) is 23.4. The van der Waals surface area contributed by atoms with Gasteiger partial charge in [-0.3, -0.25) is 0 Å². The van der Waals surface area contributed by atoms with Crippen molar-refractivity contribution in [3.63, 3.8) is 0 Å². The summed E-state index contributed by atoms with van der Waals surface area (Å²) >= 11 is 3.40. The van der Waals surface area contributed by atoms with Gasteiger partial charge in [0.1, 0.15) is 0 Å². The minimum Gasteiger partial charge on any atom is -0.487 e. The molecule has 4 heteroatoms. The molecule has 0 spiro atoms. The van der Waals surface area contributed by atoms with Crippen LogP contribution in [0, 0.1) is 0 Å². The van der Waals surface area contributed by atoms with Crippen LogP contribution >= 0.6 is 22.7 Å². The van der Waals surface area contributed by atoms with E-state index >= 15 is 0 Å². The van der Waals surface area contributed by atoms with Gasteiger partial charge in [-0.15, -0.1) is 0 Å². The van der Waals surface area contributed by atoms with Crippen LogP contribution in [0.3, 0.4) is 0 Å². The van der Waals surface area contributed by atoms with Crippen LogP contribution in [0.25, 0.3) is 35.5 Å². The van der Waals surface area contributed by atoms with Crippen LogP contribution in [0.4, 0.5) is 0 Å². The zero-order chi connectivity index (χ0) is 24.0. The number of allylic oxidation sites excluding steroid dienone is 2. The average Bonchev–Trinajstić information content (AvgIpc) is 3.64. The van der Waals surface area contributed by atoms with Gasteiger partial charge in [-0.05, 0) is 65.8 Å². The lowest BCUT2D eigenvalue weighted by Gasteiger charge is -2.09. The molecule has 35 heavy (non-hydrogen) atoms. The number of methoxy groups -OCH3 is 2. The Hall–Kier alpha value is -3.34. The second-order valence-corrected chi connectivity index (χ2v) is 10.5. The first-order valence-electron chi connectivity index (χ1n) is 11.8. The molecule has 2 aromatic heterocycles. The molecule has 2 aromatic carbocycles. The molecular formula is C31H28O2S2. The molecule has 0 fully saturated rings. The first-order chi connectivity index (χ1) is 17.2. The van der Waals surface area contributed by atoms with Gasteiger partial charge in [0.25, 0.3) is 0 Å². The minimum atomic E-state index is 0.977. The lowest BCUT2D eigenvalue weighted by molar-refractivity contribution is 0.425. The highest BCUT2D eigenvalue weighted by molar-refractivity contribution is 7.15. The summed E-state index contributed by atoms with van der Waals surface area (Å²) < 4.78 is 11.7. The molecule has 0 radical (unpaired) electrons. The van der Waals surface area contributed by atoms with Crippen molar-refractivity contribution in [2.45, 2.75) is 19.3 Å². The molecule has 0 unspecified atom stereocenters. The van der Waals surface area contributed by atoms with E-state index in [1.807, 2.05) is 12.1 Å². The third-order valence-corrected chi connectivity index (χ3v) is 8.28. The lowest BCUT2D eigenvalue weighted by atomic mass is 9.99. The summed E-state index contributed by atoms with van der Waals surface area (Å²) in [5.41, 5.74) is 7.58. The van der Waals surface area contributed by atoms with Crippen LogP contribution in [0.5, 0.6) is 10.1 Å². The summed E-state index contributed by atoms with van der Waals surface area (Å²) in [6, 6.07) is 25.4. The van der Waals surface area contributed by atoms with Gasteiger partial charge in [0.2, 0.25) is 0 Å². The third kappa shape index (κ3) is 5.34. The van der Waals surface area contributed by atoms with E-state index in [4.69, 9.17) is 9.47 Å². The highest BCUT2D eigenvalue weighted by Gasteiger charge is 2.25. The standard InChI is InChI=1S/C31H28O2S2/c1-32-30-28(20-24(34-30)18-16-22-10-5-3-6-11-22)26-14-9-15-27(26)29-21-25(35-31(29)33-2)19-17-23-12-7-4-8-13-23/h3-8,10-13,16-21H,9,14-15H2,1-2H3/b18-16+,19-17+. The van der Waals surface area contributed by atoms with E-state index in [1.54, 1.807) is 36.9 Å². The van der Waals surface area contributed by atoms with E-state index in [-0.39, 0.29) is 0 Å². The van der Waals surface area contributed by atoms with Gasteiger partial charge in [0.05, 0.1) is 14.2 Å². The number of thiophene rings is 2. The number of hydrogen-bond acceptors (Lipinski definition) is 4. The Balaban J connectivity index is 1.48. The van der Waals surface area contributed by atoms with Crippen molar-refractivity contribution in [1.29, 1.82) is 0 Å².